The smallest absolute Gasteiger partial charge is 0.410 e. The third-order valence-corrected chi connectivity index (χ3v) is 3.06. The second-order valence-electron chi connectivity index (χ2n) is 5.88. The van der Waals surface area contributed by atoms with Gasteiger partial charge in [-0.25, -0.2) is 4.79 Å². The van der Waals surface area contributed by atoms with Gasteiger partial charge in [0.1, 0.15) is 11.3 Å². The average molecular weight is 279 g/mol. The molecule has 0 unspecified atom stereocenters. The van der Waals surface area contributed by atoms with Crippen LogP contribution in [0.5, 0.6) is 0 Å². The molecule has 1 fully saturated rings. The molecule has 6 nitrogen and oxygen atoms in total. The third-order valence-electron chi connectivity index (χ3n) is 3.06. The lowest BCUT2D eigenvalue weighted by atomic mass is 10.2. The van der Waals surface area contributed by atoms with Crippen LogP contribution in [0.15, 0.2) is 24.5 Å². The Hall–Kier alpha value is -1.98. The number of pyridine rings is 1. The fourth-order valence-electron chi connectivity index (χ4n) is 2.10. The molecule has 1 aromatic rings. The van der Waals surface area contributed by atoms with Gasteiger partial charge in [0.2, 0.25) is 6.20 Å². The van der Waals surface area contributed by atoms with Crippen LogP contribution in [0.4, 0.5) is 10.5 Å². The van der Waals surface area contributed by atoms with Gasteiger partial charge in [-0.1, -0.05) is 0 Å². The Morgan fingerprint density at radius 1 is 1.30 bits per heavy atom. The van der Waals surface area contributed by atoms with Crippen LogP contribution in [-0.4, -0.2) is 42.8 Å². The largest absolute Gasteiger partial charge is 0.619 e. The number of piperazine rings is 1. The Balaban J connectivity index is 1.91. The molecule has 1 amide bonds. The lowest BCUT2D eigenvalue weighted by molar-refractivity contribution is -0.604. The number of amides is 1. The van der Waals surface area contributed by atoms with Crippen LogP contribution in [0.1, 0.15) is 20.8 Å². The fourth-order valence-corrected chi connectivity index (χ4v) is 2.10. The van der Waals surface area contributed by atoms with Crippen molar-refractivity contribution in [2.75, 3.05) is 31.1 Å². The topological polar surface area (TPSA) is 59.7 Å². The zero-order valence-corrected chi connectivity index (χ0v) is 12.2. The van der Waals surface area contributed by atoms with Gasteiger partial charge >= 0.3 is 6.09 Å². The summed E-state index contributed by atoms with van der Waals surface area (Å²) >= 11 is 0. The molecule has 0 aromatic carbocycles. The van der Waals surface area contributed by atoms with Gasteiger partial charge in [0.15, 0.2) is 6.20 Å². The van der Waals surface area contributed by atoms with E-state index in [1.165, 1.54) is 6.20 Å². The SMILES string of the molecule is CC(C)(C)OC(=O)N1CCN(c2ccc[n+]([O-])c2)CC1. The van der Waals surface area contributed by atoms with Crippen LogP contribution in [0.25, 0.3) is 0 Å². The maximum atomic E-state index is 11.9. The van der Waals surface area contributed by atoms with Crippen molar-refractivity contribution >= 4 is 11.8 Å². The summed E-state index contributed by atoms with van der Waals surface area (Å²) in [5.74, 6) is 0. The second-order valence-corrected chi connectivity index (χ2v) is 5.88. The molecule has 6 heteroatoms. The number of anilines is 1. The molecule has 110 valence electrons. The minimum absolute atomic E-state index is 0.274. The minimum atomic E-state index is -0.470. The number of ether oxygens (including phenoxy) is 1. The van der Waals surface area contributed by atoms with Gasteiger partial charge < -0.3 is 19.7 Å². The van der Waals surface area contributed by atoms with Crippen molar-refractivity contribution in [2.24, 2.45) is 0 Å². The predicted octanol–water partition coefficient (Wildman–Crippen LogP) is 1.38. The Labute approximate surface area is 119 Å². The van der Waals surface area contributed by atoms with Crippen molar-refractivity contribution in [3.8, 4) is 0 Å². The first-order chi connectivity index (χ1) is 9.35. The van der Waals surface area contributed by atoms with E-state index in [0.717, 1.165) is 10.4 Å². The molecule has 0 spiro atoms. The van der Waals surface area contributed by atoms with Gasteiger partial charge in [0.05, 0.1) is 0 Å². The predicted molar refractivity (Wildman–Crippen MR) is 75.4 cm³/mol. The molecule has 0 radical (unpaired) electrons. The molecule has 20 heavy (non-hydrogen) atoms. The van der Waals surface area contributed by atoms with Crippen LogP contribution in [0.2, 0.25) is 0 Å². The summed E-state index contributed by atoms with van der Waals surface area (Å²) in [5, 5.41) is 11.3. The molecule has 0 aliphatic carbocycles. The van der Waals surface area contributed by atoms with Crippen molar-refractivity contribution in [3.05, 3.63) is 29.7 Å². The number of hydrogen-bond acceptors (Lipinski definition) is 4. The van der Waals surface area contributed by atoms with Crippen molar-refractivity contribution in [1.82, 2.24) is 4.90 Å². The zero-order valence-electron chi connectivity index (χ0n) is 12.2. The fraction of sp³-hybridized carbons (Fsp3) is 0.571. The summed E-state index contributed by atoms with van der Waals surface area (Å²) < 4.78 is 6.14. The van der Waals surface area contributed by atoms with Crippen LogP contribution in [0.3, 0.4) is 0 Å². The number of nitrogens with zero attached hydrogens (tertiary/aromatic N) is 3. The lowest BCUT2D eigenvalue weighted by Crippen LogP contribution is -2.50. The standard InChI is InChI=1S/C14H21N3O3/c1-14(2,3)20-13(18)16-9-7-15(8-10-16)12-5-4-6-17(19)11-12/h4-6,11H,7-10H2,1-3H3. The molecule has 0 N–H and O–H groups in total. The summed E-state index contributed by atoms with van der Waals surface area (Å²) in [4.78, 5) is 15.7. The van der Waals surface area contributed by atoms with E-state index in [0.29, 0.717) is 26.2 Å². The Morgan fingerprint density at radius 2 is 1.95 bits per heavy atom. The molecule has 0 saturated carbocycles. The summed E-state index contributed by atoms with van der Waals surface area (Å²) in [6, 6.07) is 3.63. The molecule has 1 saturated heterocycles. The highest BCUT2D eigenvalue weighted by atomic mass is 16.6. The molecule has 0 atom stereocenters. The molecule has 1 aliphatic heterocycles. The highest BCUT2D eigenvalue weighted by Crippen LogP contribution is 2.16. The summed E-state index contributed by atoms with van der Waals surface area (Å²) in [6.45, 7) is 8.17. The van der Waals surface area contributed by atoms with E-state index in [1.807, 2.05) is 26.8 Å². The maximum Gasteiger partial charge on any atom is 0.410 e. The molecule has 1 aliphatic rings. The summed E-state index contributed by atoms with van der Waals surface area (Å²) in [5.41, 5.74) is 0.410. The molecule has 2 rings (SSSR count). The van der Waals surface area contributed by atoms with E-state index < -0.39 is 5.60 Å². The van der Waals surface area contributed by atoms with Crippen molar-refractivity contribution < 1.29 is 14.3 Å². The van der Waals surface area contributed by atoms with Gasteiger partial charge in [0, 0.05) is 32.2 Å². The monoisotopic (exact) mass is 279 g/mol. The van der Waals surface area contributed by atoms with Gasteiger partial charge in [-0.05, 0) is 26.8 Å². The Bertz CT molecular complexity index is 477. The quantitative estimate of drug-likeness (QED) is 0.575. The van der Waals surface area contributed by atoms with E-state index in [-0.39, 0.29) is 6.09 Å². The normalized spacial score (nSPS) is 16.1. The van der Waals surface area contributed by atoms with E-state index in [1.54, 1.807) is 17.2 Å². The number of hydrogen-bond donors (Lipinski definition) is 0. The number of carbonyl (C=O) groups is 1. The van der Waals surface area contributed by atoms with Crippen LogP contribution >= 0.6 is 0 Å². The van der Waals surface area contributed by atoms with Gasteiger partial charge in [-0.3, -0.25) is 0 Å². The number of aromatic nitrogens is 1. The van der Waals surface area contributed by atoms with Crippen LogP contribution in [0, 0.1) is 5.21 Å². The molecular formula is C14H21N3O3. The molecule has 2 heterocycles. The lowest BCUT2D eigenvalue weighted by Gasteiger charge is -2.36. The van der Waals surface area contributed by atoms with E-state index in [9.17, 15) is 10.0 Å². The first-order valence-electron chi connectivity index (χ1n) is 6.77. The highest BCUT2D eigenvalue weighted by Gasteiger charge is 2.26. The maximum absolute atomic E-state index is 11.9. The number of rotatable bonds is 1. The van der Waals surface area contributed by atoms with Crippen molar-refractivity contribution in [1.29, 1.82) is 0 Å². The first-order valence-corrected chi connectivity index (χ1v) is 6.77. The van der Waals surface area contributed by atoms with E-state index in [2.05, 4.69) is 4.90 Å². The zero-order chi connectivity index (χ0) is 14.8. The Morgan fingerprint density at radius 3 is 2.50 bits per heavy atom. The van der Waals surface area contributed by atoms with Gasteiger partial charge in [-0.2, -0.15) is 4.73 Å². The van der Waals surface area contributed by atoms with Gasteiger partial charge in [0.25, 0.3) is 0 Å². The first kappa shape index (κ1) is 14.4. The van der Waals surface area contributed by atoms with Crippen molar-refractivity contribution in [2.45, 2.75) is 26.4 Å². The average Bonchev–Trinajstić information content (AvgIpc) is 2.37. The third kappa shape index (κ3) is 3.76. The molecule has 1 aromatic heterocycles. The van der Waals surface area contributed by atoms with Crippen LogP contribution < -0.4 is 9.63 Å². The highest BCUT2D eigenvalue weighted by molar-refractivity contribution is 5.68. The van der Waals surface area contributed by atoms with Gasteiger partial charge in [-0.15, -0.1) is 0 Å². The number of carbonyl (C=O) groups excluding carboxylic acids is 1. The van der Waals surface area contributed by atoms with E-state index in [4.69, 9.17) is 4.74 Å². The molecule has 0 bridgehead atoms. The minimum Gasteiger partial charge on any atom is -0.619 e. The summed E-state index contributed by atoms with van der Waals surface area (Å²) in [6.07, 6.45) is 2.73. The summed E-state index contributed by atoms with van der Waals surface area (Å²) in [7, 11) is 0. The van der Waals surface area contributed by atoms with Crippen molar-refractivity contribution in [3.63, 3.8) is 0 Å². The van der Waals surface area contributed by atoms with Crippen LogP contribution in [-0.2, 0) is 4.74 Å². The second kappa shape index (κ2) is 5.56. The molecular weight excluding hydrogens is 258 g/mol. The van der Waals surface area contributed by atoms with E-state index >= 15 is 0 Å². The Kier molecular flexibility index (Phi) is 4.01.